The van der Waals surface area contributed by atoms with E-state index in [9.17, 15) is 4.79 Å². The molecule has 0 fully saturated rings. The molecular weight excluding hydrogens is 188 g/mol. The number of aryl methyl sites for hydroxylation is 2. The number of nitrogens with one attached hydrogen (secondary N) is 1. The largest absolute Gasteiger partial charge is 0.328 e. The zero-order valence-corrected chi connectivity index (χ0v) is 8.74. The van der Waals surface area contributed by atoms with Crippen molar-refractivity contribution in [3.63, 3.8) is 0 Å². The molecule has 0 radical (unpaired) electrons. The molecule has 1 aromatic rings. The van der Waals surface area contributed by atoms with Gasteiger partial charge in [-0.1, -0.05) is 0 Å². The summed E-state index contributed by atoms with van der Waals surface area (Å²) in [5, 5.41) is 11.1. The number of nitriles is 1. The number of carbonyl (C=O) groups excluding carboxylic acids is 1. The highest BCUT2D eigenvalue weighted by atomic mass is 16.1. The van der Waals surface area contributed by atoms with Crippen LogP contribution in [0.5, 0.6) is 0 Å². The number of hydrogen-bond acceptors (Lipinski definition) is 2. The Hall–Kier alpha value is -2.08. The van der Waals surface area contributed by atoms with Crippen molar-refractivity contribution in [3.05, 3.63) is 34.9 Å². The van der Waals surface area contributed by atoms with Crippen LogP contribution in [-0.4, -0.2) is 6.41 Å². The molecule has 0 aliphatic rings. The van der Waals surface area contributed by atoms with Crippen LogP contribution >= 0.6 is 0 Å². The second-order valence-corrected chi connectivity index (χ2v) is 3.25. The van der Waals surface area contributed by atoms with E-state index in [4.69, 9.17) is 5.26 Å². The highest BCUT2D eigenvalue weighted by Gasteiger charge is 2.02. The van der Waals surface area contributed by atoms with Crippen molar-refractivity contribution in [1.82, 2.24) is 0 Å². The van der Waals surface area contributed by atoms with Crippen LogP contribution in [0, 0.1) is 25.2 Å². The van der Waals surface area contributed by atoms with Crippen LogP contribution in [0.25, 0.3) is 6.08 Å². The van der Waals surface area contributed by atoms with Gasteiger partial charge in [0.15, 0.2) is 0 Å². The van der Waals surface area contributed by atoms with Crippen molar-refractivity contribution in [2.24, 2.45) is 0 Å². The van der Waals surface area contributed by atoms with Crippen LogP contribution in [0.1, 0.15) is 16.7 Å². The molecule has 1 N–H and O–H groups in total. The van der Waals surface area contributed by atoms with Crippen molar-refractivity contribution in [2.75, 3.05) is 5.32 Å². The molecule has 76 valence electrons. The van der Waals surface area contributed by atoms with E-state index >= 15 is 0 Å². The maximum atomic E-state index is 10.4. The Morgan fingerprint density at radius 2 is 1.93 bits per heavy atom. The fourth-order valence-electron chi connectivity index (χ4n) is 1.51. The molecule has 0 unspecified atom stereocenters. The minimum absolute atomic E-state index is 0.667. The lowest BCUT2D eigenvalue weighted by Gasteiger charge is -2.09. The summed E-state index contributed by atoms with van der Waals surface area (Å²) < 4.78 is 0. The second kappa shape index (κ2) is 4.97. The summed E-state index contributed by atoms with van der Waals surface area (Å²) >= 11 is 0. The fourth-order valence-corrected chi connectivity index (χ4v) is 1.51. The Labute approximate surface area is 89.0 Å². The summed E-state index contributed by atoms with van der Waals surface area (Å²) in [5.41, 5.74) is 3.77. The molecule has 0 aliphatic heterocycles. The molecule has 1 aromatic carbocycles. The maximum Gasteiger partial charge on any atom is 0.211 e. The molecule has 0 saturated heterocycles. The minimum Gasteiger partial charge on any atom is -0.328 e. The number of carbonyl (C=O) groups is 1. The molecule has 0 spiro atoms. The summed E-state index contributed by atoms with van der Waals surface area (Å²) in [6.07, 6.45) is 3.84. The molecule has 0 bridgehead atoms. The van der Waals surface area contributed by atoms with Gasteiger partial charge < -0.3 is 5.32 Å². The average Bonchev–Trinajstić information content (AvgIpc) is 2.20. The van der Waals surface area contributed by atoms with Gasteiger partial charge in [-0.05, 0) is 48.7 Å². The first kappa shape index (κ1) is 11.0. The molecule has 0 aromatic heterocycles. The van der Waals surface area contributed by atoms with Crippen LogP contribution in [0.3, 0.4) is 0 Å². The fraction of sp³-hybridized carbons (Fsp3) is 0.167. The second-order valence-electron chi connectivity index (χ2n) is 3.25. The number of allylic oxidation sites excluding steroid dienone is 1. The number of hydrogen-bond donors (Lipinski definition) is 1. The van der Waals surface area contributed by atoms with Crippen molar-refractivity contribution >= 4 is 18.2 Å². The lowest BCUT2D eigenvalue weighted by Crippen LogP contribution is -1.99. The van der Waals surface area contributed by atoms with Gasteiger partial charge in [0.25, 0.3) is 0 Å². The van der Waals surface area contributed by atoms with Gasteiger partial charge in [0.1, 0.15) is 0 Å². The molecular formula is C12H12N2O. The Morgan fingerprint density at radius 3 is 2.40 bits per heavy atom. The highest BCUT2D eigenvalue weighted by Crippen LogP contribution is 2.22. The third-order valence-corrected chi connectivity index (χ3v) is 2.11. The first-order valence-electron chi connectivity index (χ1n) is 4.56. The van der Waals surface area contributed by atoms with Crippen LogP contribution in [0.2, 0.25) is 0 Å². The Bertz CT molecular complexity index is 418. The van der Waals surface area contributed by atoms with Crippen LogP contribution in [0.15, 0.2) is 18.2 Å². The van der Waals surface area contributed by atoms with E-state index in [0.29, 0.717) is 6.41 Å². The first-order chi connectivity index (χ1) is 7.19. The molecule has 0 heterocycles. The van der Waals surface area contributed by atoms with E-state index in [1.165, 1.54) is 6.08 Å². The summed E-state index contributed by atoms with van der Waals surface area (Å²) in [7, 11) is 0. The van der Waals surface area contributed by atoms with Crippen LogP contribution in [0.4, 0.5) is 5.69 Å². The summed E-state index contributed by atoms with van der Waals surface area (Å²) in [5.74, 6) is 0. The number of anilines is 1. The van der Waals surface area contributed by atoms with E-state index in [-0.39, 0.29) is 0 Å². The molecule has 0 atom stereocenters. The minimum atomic E-state index is 0.667. The Kier molecular flexibility index (Phi) is 3.64. The van der Waals surface area contributed by atoms with Crippen LogP contribution in [-0.2, 0) is 4.79 Å². The van der Waals surface area contributed by atoms with Gasteiger partial charge in [-0.25, -0.2) is 0 Å². The molecule has 3 heteroatoms. The Balaban J connectivity index is 3.14. The van der Waals surface area contributed by atoms with E-state index < -0.39 is 0 Å². The zero-order valence-electron chi connectivity index (χ0n) is 8.74. The summed E-state index contributed by atoms with van der Waals surface area (Å²) in [6, 6.07) is 5.79. The smallest absolute Gasteiger partial charge is 0.211 e. The maximum absolute atomic E-state index is 10.4. The van der Waals surface area contributed by atoms with Gasteiger partial charge in [0, 0.05) is 11.8 Å². The first-order valence-corrected chi connectivity index (χ1v) is 4.56. The normalized spacial score (nSPS) is 9.93. The average molecular weight is 200 g/mol. The van der Waals surface area contributed by atoms with E-state index in [1.54, 1.807) is 6.08 Å². The lowest BCUT2D eigenvalue weighted by molar-refractivity contribution is -0.105. The topological polar surface area (TPSA) is 52.9 Å². The molecule has 3 nitrogen and oxygen atoms in total. The number of benzene rings is 1. The molecule has 0 aliphatic carbocycles. The highest BCUT2D eigenvalue weighted by molar-refractivity contribution is 5.77. The molecule has 0 saturated carbocycles. The van der Waals surface area contributed by atoms with Gasteiger partial charge in [-0.15, -0.1) is 0 Å². The van der Waals surface area contributed by atoms with Crippen molar-refractivity contribution in [2.45, 2.75) is 13.8 Å². The number of amides is 1. The van der Waals surface area contributed by atoms with Crippen molar-refractivity contribution < 1.29 is 4.79 Å². The third kappa shape index (κ3) is 2.68. The van der Waals surface area contributed by atoms with Gasteiger partial charge >= 0.3 is 0 Å². The van der Waals surface area contributed by atoms with E-state index in [0.717, 1.165) is 22.4 Å². The van der Waals surface area contributed by atoms with Gasteiger partial charge in [-0.2, -0.15) is 5.26 Å². The van der Waals surface area contributed by atoms with E-state index in [2.05, 4.69) is 5.32 Å². The molecule has 1 amide bonds. The number of rotatable bonds is 3. The van der Waals surface area contributed by atoms with Gasteiger partial charge in [0.05, 0.1) is 6.07 Å². The molecule has 1 rings (SSSR count). The Morgan fingerprint density at radius 1 is 1.33 bits per heavy atom. The van der Waals surface area contributed by atoms with Crippen LogP contribution < -0.4 is 5.32 Å². The third-order valence-electron chi connectivity index (χ3n) is 2.11. The van der Waals surface area contributed by atoms with Crippen molar-refractivity contribution in [3.8, 4) is 6.07 Å². The van der Waals surface area contributed by atoms with Gasteiger partial charge in [0.2, 0.25) is 6.41 Å². The lowest BCUT2D eigenvalue weighted by atomic mass is 10.0. The predicted molar refractivity (Wildman–Crippen MR) is 60.2 cm³/mol. The monoisotopic (exact) mass is 200 g/mol. The summed E-state index contributed by atoms with van der Waals surface area (Å²) in [4.78, 5) is 10.4. The summed E-state index contributed by atoms with van der Waals surface area (Å²) in [6.45, 7) is 3.84. The molecule has 15 heavy (non-hydrogen) atoms. The zero-order chi connectivity index (χ0) is 11.3. The standard InChI is InChI=1S/C12H12N2O/c1-9-6-11(4-3-5-13)7-10(2)12(9)14-8-15/h3-4,6-8H,1-2H3,(H,14,15). The predicted octanol–water partition coefficient (Wildman–Crippen LogP) is 2.41. The van der Waals surface area contributed by atoms with Crippen molar-refractivity contribution in [1.29, 1.82) is 5.26 Å². The quantitative estimate of drug-likeness (QED) is 0.601. The van der Waals surface area contributed by atoms with Gasteiger partial charge in [-0.3, -0.25) is 4.79 Å². The number of nitrogens with zero attached hydrogens (tertiary/aromatic N) is 1. The van der Waals surface area contributed by atoms with E-state index in [1.807, 2.05) is 32.0 Å². The SMILES string of the molecule is Cc1cc(C=CC#N)cc(C)c1NC=O.